The Morgan fingerprint density at radius 1 is 1.43 bits per heavy atom. The number of hydrogen-bond donors (Lipinski definition) is 1. The fraction of sp³-hybridized carbons (Fsp3) is 0.800. The predicted molar refractivity (Wildman–Crippen MR) is 56.9 cm³/mol. The number of nitrogens with one attached hydrogen (secondary N) is 1. The molecule has 0 amide bonds. The van der Waals surface area contributed by atoms with E-state index in [0.717, 1.165) is 31.2 Å². The van der Waals surface area contributed by atoms with Gasteiger partial charge in [-0.1, -0.05) is 20.8 Å². The smallest absolute Gasteiger partial charge is 0.150 e. The molecule has 14 heavy (non-hydrogen) atoms. The lowest BCUT2D eigenvalue weighted by Gasteiger charge is -2.05. The summed E-state index contributed by atoms with van der Waals surface area (Å²) in [6.07, 6.45) is 0.901. The molecule has 0 saturated heterocycles. The molecule has 1 heterocycles. The Morgan fingerprint density at radius 2 is 2.14 bits per heavy atom. The van der Waals surface area contributed by atoms with E-state index in [1.54, 1.807) is 0 Å². The molecule has 1 rings (SSSR count). The van der Waals surface area contributed by atoms with Gasteiger partial charge in [-0.15, -0.1) is 0 Å². The van der Waals surface area contributed by atoms with Crippen molar-refractivity contribution < 1.29 is 0 Å². The lowest BCUT2D eigenvalue weighted by atomic mass is 10.2. The van der Waals surface area contributed by atoms with E-state index in [0.29, 0.717) is 5.92 Å². The van der Waals surface area contributed by atoms with Crippen LogP contribution in [0.2, 0.25) is 0 Å². The maximum Gasteiger partial charge on any atom is 0.150 e. The summed E-state index contributed by atoms with van der Waals surface area (Å²) in [6, 6.07) is 0. The quantitative estimate of drug-likeness (QED) is 0.767. The minimum Gasteiger partial charge on any atom is -0.310 e. The van der Waals surface area contributed by atoms with Gasteiger partial charge in [0.2, 0.25) is 0 Å². The molecule has 0 bridgehead atoms. The van der Waals surface area contributed by atoms with Crippen LogP contribution in [0.1, 0.15) is 32.4 Å². The third-order valence-electron chi connectivity index (χ3n) is 2.05. The van der Waals surface area contributed by atoms with Crippen LogP contribution in [0.3, 0.4) is 0 Å². The Kier molecular flexibility index (Phi) is 4.07. The summed E-state index contributed by atoms with van der Waals surface area (Å²) in [4.78, 5) is 4.41. The molecule has 0 fully saturated rings. The van der Waals surface area contributed by atoms with Gasteiger partial charge >= 0.3 is 0 Å². The Morgan fingerprint density at radius 3 is 2.64 bits per heavy atom. The predicted octanol–water partition coefficient (Wildman–Crippen LogP) is 1.12. The van der Waals surface area contributed by atoms with Crippen LogP contribution in [-0.2, 0) is 20.0 Å². The van der Waals surface area contributed by atoms with Crippen molar-refractivity contribution in [3.63, 3.8) is 0 Å². The summed E-state index contributed by atoms with van der Waals surface area (Å²) in [5.74, 6) is 2.62. The van der Waals surface area contributed by atoms with Gasteiger partial charge in [0.05, 0.1) is 6.54 Å². The van der Waals surface area contributed by atoms with Gasteiger partial charge in [-0.2, -0.15) is 5.10 Å². The van der Waals surface area contributed by atoms with Crippen LogP contribution < -0.4 is 5.32 Å². The van der Waals surface area contributed by atoms with Crippen LogP contribution in [0.25, 0.3) is 0 Å². The largest absolute Gasteiger partial charge is 0.310 e. The first-order valence-electron chi connectivity index (χ1n) is 5.23. The molecular weight excluding hydrogens is 176 g/mol. The maximum atomic E-state index is 4.41. The Bertz CT molecular complexity index is 278. The number of rotatable bonds is 5. The molecule has 0 saturated carbocycles. The van der Waals surface area contributed by atoms with Crippen molar-refractivity contribution in [2.45, 2.75) is 33.7 Å². The van der Waals surface area contributed by atoms with Crippen molar-refractivity contribution in [3.05, 3.63) is 11.6 Å². The summed E-state index contributed by atoms with van der Waals surface area (Å²) in [5.41, 5.74) is 0. The molecule has 80 valence electrons. The summed E-state index contributed by atoms with van der Waals surface area (Å²) < 4.78 is 1.85. The van der Waals surface area contributed by atoms with Crippen LogP contribution in [0.4, 0.5) is 0 Å². The van der Waals surface area contributed by atoms with Crippen LogP contribution >= 0.6 is 0 Å². The molecule has 0 aliphatic rings. The molecule has 0 unspecified atom stereocenters. The molecule has 0 spiro atoms. The van der Waals surface area contributed by atoms with Gasteiger partial charge in [-0.05, 0) is 12.5 Å². The van der Waals surface area contributed by atoms with Crippen molar-refractivity contribution in [1.82, 2.24) is 20.1 Å². The zero-order chi connectivity index (χ0) is 10.6. The highest BCUT2D eigenvalue weighted by Crippen LogP contribution is 1.97. The van der Waals surface area contributed by atoms with Gasteiger partial charge in [0, 0.05) is 13.5 Å². The first-order valence-corrected chi connectivity index (χ1v) is 5.23. The second-order valence-corrected chi connectivity index (χ2v) is 3.95. The summed E-state index contributed by atoms with van der Waals surface area (Å²) >= 11 is 0. The maximum absolute atomic E-state index is 4.41. The fourth-order valence-electron chi connectivity index (χ4n) is 1.25. The van der Waals surface area contributed by atoms with E-state index >= 15 is 0 Å². The average molecular weight is 196 g/mol. The number of hydrogen-bond acceptors (Lipinski definition) is 3. The Balaban J connectivity index is 2.45. The molecule has 1 N–H and O–H groups in total. The van der Waals surface area contributed by atoms with Gasteiger partial charge in [0.25, 0.3) is 0 Å². The van der Waals surface area contributed by atoms with E-state index in [1.165, 1.54) is 0 Å². The van der Waals surface area contributed by atoms with Crippen molar-refractivity contribution in [2.24, 2.45) is 13.0 Å². The van der Waals surface area contributed by atoms with E-state index in [9.17, 15) is 0 Å². The summed E-state index contributed by atoms with van der Waals surface area (Å²) in [7, 11) is 1.94. The number of aryl methyl sites for hydroxylation is 2. The van der Waals surface area contributed by atoms with Crippen LogP contribution in [0.5, 0.6) is 0 Å². The van der Waals surface area contributed by atoms with Crippen LogP contribution in [-0.4, -0.2) is 21.3 Å². The van der Waals surface area contributed by atoms with E-state index in [1.807, 2.05) is 11.7 Å². The molecule has 0 aromatic carbocycles. The Labute approximate surface area is 85.7 Å². The first kappa shape index (κ1) is 11.2. The van der Waals surface area contributed by atoms with E-state index < -0.39 is 0 Å². The van der Waals surface area contributed by atoms with Crippen LogP contribution in [0.15, 0.2) is 0 Å². The highest BCUT2D eigenvalue weighted by molar-refractivity contribution is 4.91. The zero-order valence-electron chi connectivity index (χ0n) is 9.54. The molecule has 0 aliphatic heterocycles. The molecule has 4 heteroatoms. The molecule has 4 nitrogen and oxygen atoms in total. The number of aromatic nitrogens is 3. The minimum atomic E-state index is 0.675. The summed E-state index contributed by atoms with van der Waals surface area (Å²) in [5, 5.41) is 7.65. The molecular formula is C10H20N4. The van der Waals surface area contributed by atoms with Crippen LogP contribution in [0, 0.1) is 5.92 Å². The average Bonchev–Trinajstić information content (AvgIpc) is 2.47. The standard InChI is InChI=1S/C10H20N4/c1-5-9-12-10(14(4)13-9)7-11-6-8(2)3/h8,11H,5-7H2,1-4H3. The third kappa shape index (κ3) is 3.10. The van der Waals surface area contributed by atoms with Crippen molar-refractivity contribution >= 4 is 0 Å². The van der Waals surface area contributed by atoms with Crippen molar-refractivity contribution in [2.75, 3.05) is 6.54 Å². The topological polar surface area (TPSA) is 42.7 Å². The van der Waals surface area contributed by atoms with Crippen molar-refractivity contribution in [3.8, 4) is 0 Å². The van der Waals surface area contributed by atoms with Gasteiger partial charge in [-0.3, -0.25) is 4.68 Å². The molecule has 1 aromatic rings. The summed E-state index contributed by atoms with van der Waals surface area (Å²) in [6.45, 7) is 8.29. The SMILES string of the molecule is CCc1nc(CNCC(C)C)n(C)n1. The van der Waals surface area contributed by atoms with Gasteiger partial charge in [0.1, 0.15) is 5.82 Å². The highest BCUT2D eigenvalue weighted by Gasteiger charge is 2.04. The van der Waals surface area contributed by atoms with E-state index in [2.05, 4.69) is 36.2 Å². The lowest BCUT2D eigenvalue weighted by Crippen LogP contribution is -2.21. The molecule has 1 aromatic heterocycles. The second kappa shape index (κ2) is 5.10. The normalized spacial score (nSPS) is 11.2. The van der Waals surface area contributed by atoms with Crippen molar-refractivity contribution in [1.29, 1.82) is 0 Å². The fourth-order valence-corrected chi connectivity index (χ4v) is 1.25. The second-order valence-electron chi connectivity index (χ2n) is 3.95. The first-order chi connectivity index (χ1) is 6.63. The Hall–Kier alpha value is -0.900. The third-order valence-corrected chi connectivity index (χ3v) is 2.05. The minimum absolute atomic E-state index is 0.675. The molecule has 0 aliphatic carbocycles. The van der Waals surface area contributed by atoms with E-state index in [-0.39, 0.29) is 0 Å². The van der Waals surface area contributed by atoms with Gasteiger partial charge in [-0.25, -0.2) is 4.98 Å². The molecule has 0 atom stereocenters. The molecule has 0 radical (unpaired) electrons. The monoisotopic (exact) mass is 196 g/mol. The zero-order valence-corrected chi connectivity index (χ0v) is 9.54. The van der Waals surface area contributed by atoms with E-state index in [4.69, 9.17) is 0 Å². The van der Waals surface area contributed by atoms with Gasteiger partial charge < -0.3 is 5.32 Å². The highest BCUT2D eigenvalue weighted by atomic mass is 15.3. The number of nitrogens with zero attached hydrogens (tertiary/aromatic N) is 3. The van der Waals surface area contributed by atoms with Gasteiger partial charge in [0.15, 0.2) is 5.82 Å². The lowest BCUT2D eigenvalue weighted by molar-refractivity contribution is 0.531.